The Bertz CT molecular complexity index is 594. The second kappa shape index (κ2) is 6.60. The predicted molar refractivity (Wildman–Crippen MR) is 90.3 cm³/mol. The monoisotopic (exact) mass is 315 g/mol. The van der Waals surface area contributed by atoms with Crippen molar-refractivity contribution < 1.29 is 9.59 Å². The Hall–Kier alpha value is -2.04. The van der Waals surface area contributed by atoms with E-state index in [0.29, 0.717) is 13.1 Å². The van der Waals surface area contributed by atoms with Crippen LogP contribution in [0.3, 0.4) is 0 Å². The van der Waals surface area contributed by atoms with Gasteiger partial charge < -0.3 is 15.1 Å². The molecule has 5 heteroatoms. The summed E-state index contributed by atoms with van der Waals surface area (Å²) in [5, 5.41) is 2.71. The van der Waals surface area contributed by atoms with Crippen LogP contribution in [0, 0.1) is 5.92 Å². The summed E-state index contributed by atoms with van der Waals surface area (Å²) < 4.78 is 0. The summed E-state index contributed by atoms with van der Waals surface area (Å²) in [6.07, 6.45) is 2.52. The van der Waals surface area contributed by atoms with E-state index in [1.165, 1.54) is 11.3 Å². The van der Waals surface area contributed by atoms with Gasteiger partial charge in [-0.15, -0.1) is 0 Å². The van der Waals surface area contributed by atoms with E-state index in [2.05, 4.69) is 28.4 Å². The number of benzene rings is 1. The molecule has 0 bridgehead atoms. The second-order valence-corrected chi connectivity index (χ2v) is 6.46. The van der Waals surface area contributed by atoms with E-state index in [4.69, 9.17) is 0 Å². The summed E-state index contributed by atoms with van der Waals surface area (Å²) in [5.74, 6) is 0.322. The van der Waals surface area contributed by atoms with Crippen molar-refractivity contribution in [2.75, 3.05) is 31.6 Å². The van der Waals surface area contributed by atoms with Gasteiger partial charge in [-0.3, -0.25) is 9.59 Å². The molecular formula is C18H25N3O2. The lowest BCUT2D eigenvalue weighted by molar-refractivity contribution is -0.136. The van der Waals surface area contributed by atoms with Crippen LogP contribution in [-0.4, -0.2) is 49.4 Å². The van der Waals surface area contributed by atoms with Crippen LogP contribution in [0.15, 0.2) is 24.3 Å². The molecule has 0 aromatic heterocycles. The standard InChI is InChI=1S/C18H25N3O2/c1-13(21-12-9-14-5-3-4-6-16(14)21)18(23)20-10-7-15(8-11-20)17(22)19-2/h3-6,13,15H,7-12H2,1-2H3,(H,19,22). The lowest BCUT2D eigenvalue weighted by Gasteiger charge is -2.35. The molecule has 2 aliphatic rings. The molecule has 2 heterocycles. The number of rotatable bonds is 3. The van der Waals surface area contributed by atoms with Gasteiger partial charge in [-0.05, 0) is 37.8 Å². The highest BCUT2D eigenvalue weighted by Gasteiger charge is 2.33. The van der Waals surface area contributed by atoms with Crippen molar-refractivity contribution in [3.8, 4) is 0 Å². The summed E-state index contributed by atoms with van der Waals surface area (Å²) in [7, 11) is 1.67. The molecule has 2 amide bonds. The summed E-state index contributed by atoms with van der Waals surface area (Å²) in [6.45, 7) is 4.25. The molecule has 124 valence electrons. The van der Waals surface area contributed by atoms with Gasteiger partial charge in [-0.25, -0.2) is 0 Å². The number of fused-ring (bicyclic) bond motifs is 1. The molecule has 2 aliphatic heterocycles. The Morgan fingerprint density at radius 3 is 2.57 bits per heavy atom. The quantitative estimate of drug-likeness (QED) is 0.918. The zero-order valence-corrected chi connectivity index (χ0v) is 13.9. The number of likely N-dealkylation sites (tertiary alicyclic amines) is 1. The molecule has 0 radical (unpaired) electrons. The molecular weight excluding hydrogens is 290 g/mol. The van der Waals surface area contributed by atoms with E-state index in [0.717, 1.165) is 25.8 Å². The van der Waals surface area contributed by atoms with Crippen molar-refractivity contribution in [1.82, 2.24) is 10.2 Å². The second-order valence-electron chi connectivity index (χ2n) is 6.46. The SMILES string of the molecule is CNC(=O)C1CCN(C(=O)C(C)N2CCc3ccccc32)CC1. The number of carbonyl (C=O) groups excluding carboxylic acids is 2. The third-order valence-electron chi connectivity index (χ3n) is 5.17. The van der Waals surface area contributed by atoms with Gasteiger partial charge >= 0.3 is 0 Å². The first-order valence-corrected chi connectivity index (χ1v) is 8.46. The van der Waals surface area contributed by atoms with Gasteiger partial charge in [0.25, 0.3) is 0 Å². The maximum atomic E-state index is 12.8. The van der Waals surface area contributed by atoms with Crippen LogP contribution in [0.1, 0.15) is 25.3 Å². The summed E-state index contributed by atoms with van der Waals surface area (Å²) in [5.41, 5.74) is 2.51. The Balaban J connectivity index is 1.62. The minimum absolute atomic E-state index is 0.0480. The van der Waals surface area contributed by atoms with E-state index < -0.39 is 0 Å². The number of nitrogens with one attached hydrogen (secondary N) is 1. The Labute approximate surface area is 137 Å². The first-order chi connectivity index (χ1) is 11.1. The van der Waals surface area contributed by atoms with Crippen LogP contribution in [0.5, 0.6) is 0 Å². The molecule has 1 aromatic rings. The first-order valence-electron chi connectivity index (χ1n) is 8.46. The zero-order chi connectivity index (χ0) is 16.4. The van der Waals surface area contributed by atoms with Crippen LogP contribution < -0.4 is 10.2 Å². The van der Waals surface area contributed by atoms with Gasteiger partial charge in [0.1, 0.15) is 6.04 Å². The Morgan fingerprint density at radius 1 is 1.17 bits per heavy atom. The maximum absolute atomic E-state index is 12.8. The summed E-state index contributed by atoms with van der Waals surface area (Å²) >= 11 is 0. The molecule has 3 rings (SSSR count). The van der Waals surface area contributed by atoms with Crippen LogP contribution in [0.2, 0.25) is 0 Å². The molecule has 0 spiro atoms. The fourth-order valence-electron chi connectivity index (χ4n) is 3.73. The van der Waals surface area contributed by atoms with E-state index in [-0.39, 0.29) is 23.8 Å². The van der Waals surface area contributed by atoms with Crippen molar-refractivity contribution in [2.45, 2.75) is 32.2 Å². The van der Waals surface area contributed by atoms with E-state index >= 15 is 0 Å². The molecule has 1 N–H and O–H groups in total. The fourth-order valence-corrected chi connectivity index (χ4v) is 3.73. The lowest BCUT2D eigenvalue weighted by atomic mass is 9.95. The number of hydrogen-bond acceptors (Lipinski definition) is 3. The van der Waals surface area contributed by atoms with Crippen molar-refractivity contribution in [3.63, 3.8) is 0 Å². The number of amides is 2. The van der Waals surface area contributed by atoms with Gasteiger partial charge in [0.15, 0.2) is 0 Å². The molecule has 1 aromatic carbocycles. The number of nitrogens with zero attached hydrogens (tertiary/aromatic N) is 2. The Kier molecular flexibility index (Phi) is 4.55. The normalized spacial score (nSPS) is 19.4. The highest BCUT2D eigenvalue weighted by atomic mass is 16.2. The van der Waals surface area contributed by atoms with E-state index in [1.807, 2.05) is 17.9 Å². The average Bonchev–Trinajstić information content (AvgIpc) is 3.04. The molecule has 1 saturated heterocycles. The van der Waals surface area contributed by atoms with Gasteiger partial charge in [-0.1, -0.05) is 18.2 Å². The summed E-state index contributed by atoms with van der Waals surface area (Å²) in [6, 6.07) is 8.18. The molecule has 23 heavy (non-hydrogen) atoms. The molecule has 1 unspecified atom stereocenters. The third-order valence-corrected chi connectivity index (χ3v) is 5.17. The van der Waals surface area contributed by atoms with Crippen molar-refractivity contribution in [2.24, 2.45) is 5.92 Å². The smallest absolute Gasteiger partial charge is 0.244 e. The molecule has 1 fully saturated rings. The van der Waals surface area contributed by atoms with Crippen LogP contribution >= 0.6 is 0 Å². The summed E-state index contributed by atoms with van der Waals surface area (Å²) in [4.78, 5) is 28.7. The zero-order valence-electron chi connectivity index (χ0n) is 13.9. The topological polar surface area (TPSA) is 52.7 Å². The molecule has 1 atom stereocenters. The largest absolute Gasteiger partial charge is 0.359 e. The van der Waals surface area contributed by atoms with Gasteiger partial charge in [0.2, 0.25) is 11.8 Å². The van der Waals surface area contributed by atoms with Crippen LogP contribution in [0.25, 0.3) is 0 Å². The van der Waals surface area contributed by atoms with Crippen molar-refractivity contribution in [3.05, 3.63) is 29.8 Å². The minimum atomic E-state index is -0.143. The number of hydrogen-bond donors (Lipinski definition) is 1. The van der Waals surface area contributed by atoms with Gasteiger partial charge in [-0.2, -0.15) is 0 Å². The third kappa shape index (κ3) is 3.05. The van der Waals surface area contributed by atoms with E-state index in [1.54, 1.807) is 7.05 Å². The number of anilines is 1. The molecule has 5 nitrogen and oxygen atoms in total. The average molecular weight is 315 g/mol. The van der Waals surface area contributed by atoms with E-state index in [9.17, 15) is 9.59 Å². The fraction of sp³-hybridized carbons (Fsp3) is 0.556. The first kappa shape index (κ1) is 15.8. The highest BCUT2D eigenvalue weighted by molar-refractivity contribution is 5.86. The Morgan fingerprint density at radius 2 is 1.87 bits per heavy atom. The maximum Gasteiger partial charge on any atom is 0.244 e. The molecule has 0 aliphatic carbocycles. The minimum Gasteiger partial charge on any atom is -0.359 e. The van der Waals surface area contributed by atoms with Gasteiger partial charge in [0, 0.05) is 38.3 Å². The predicted octanol–water partition coefficient (Wildman–Crippen LogP) is 1.42. The number of piperidine rings is 1. The number of carbonyl (C=O) groups is 2. The molecule has 0 saturated carbocycles. The van der Waals surface area contributed by atoms with Gasteiger partial charge in [0.05, 0.1) is 0 Å². The van der Waals surface area contributed by atoms with Crippen LogP contribution in [0.4, 0.5) is 5.69 Å². The number of para-hydroxylation sites is 1. The van der Waals surface area contributed by atoms with Crippen molar-refractivity contribution >= 4 is 17.5 Å². The lowest BCUT2D eigenvalue weighted by Crippen LogP contribution is -2.50. The highest BCUT2D eigenvalue weighted by Crippen LogP contribution is 2.30. The van der Waals surface area contributed by atoms with Crippen molar-refractivity contribution in [1.29, 1.82) is 0 Å². The van der Waals surface area contributed by atoms with Crippen LogP contribution in [-0.2, 0) is 16.0 Å².